The van der Waals surface area contributed by atoms with Gasteiger partial charge in [-0.1, -0.05) is 93.6 Å². The first-order chi connectivity index (χ1) is 17.2. The second-order valence-corrected chi connectivity index (χ2v) is 12.5. The minimum absolute atomic E-state index is 0.0579. The second-order valence-electron chi connectivity index (χ2n) is 11.6. The van der Waals surface area contributed by atoms with E-state index in [1.807, 2.05) is 69.3 Å². The first-order valence-corrected chi connectivity index (χ1v) is 13.8. The summed E-state index contributed by atoms with van der Waals surface area (Å²) in [5, 5.41) is 4.79. The van der Waals surface area contributed by atoms with Gasteiger partial charge < -0.3 is 5.32 Å². The molecule has 0 bridgehead atoms. The van der Waals surface area contributed by atoms with Crippen molar-refractivity contribution in [3.05, 3.63) is 75.9 Å². The van der Waals surface area contributed by atoms with Gasteiger partial charge in [-0.2, -0.15) is 0 Å². The molecule has 0 saturated heterocycles. The number of carbonyl (C=O) groups excluding carboxylic acids is 1. The number of pyridine rings is 1. The number of benzene rings is 2. The van der Waals surface area contributed by atoms with Crippen molar-refractivity contribution in [3.63, 3.8) is 0 Å². The highest BCUT2D eigenvalue weighted by atomic mass is 35.5. The van der Waals surface area contributed by atoms with Crippen LogP contribution in [0.25, 0.3) is 22.4 Å². The molecule has 1 amide bonds. The fraction of sp³-hybridized carbons (Fsp3) is 0.419. The Labute approximate surface area is 224 Å². The van der Waals surface area contributed by atoms with Crippen LogP contribution in [0.4, 0.5) is 0 Å². The maximum atomic E-state index is 13.2. The van der Waals surface area contributed by atoms with Crippen LogP contribution in [0.3, 0.4) is 0 Å². The molecular weight excluding hydrogens is 487 g/mol. The van der Waals surface area contributed by atoms with Crippen molar-refractivity contribution < 1.29 is 4.79 Å². The third-order valence-electron chi connectivity index (χ3n) is 7.87. The van der Waals surface area contributed by atoms with E-state index in [0.29, 0.717) is 10.0 Å². The summed E-state index contributed by atoms with van der Waals surface area (Å²) in [6.07, 6.45) is 8.08. The molecule has 188 valence electrons. The van der Waals surface area contributed by atoms with E-state index in [-0.39, 0.29) is 17.4 Å². The minimum atomic E-state index is -0.457. The topological polar surface area (TPSA) is 42.0 Å². The molecule has 2 aliphatic rings. The van der Waals surface area contributed by atoms with Crippen LogP contribution in [0, 0.1) is 10.8 Å². The van der Waals surface area contributed by atoms with Gasteiger partial charge in [0.05, 0.1) is 11.7 Å². The molecule has 3 aromatic rings. The molecule has 36 heavy (non-hydrogen) atoms. The van der Waals surface area contributed by atoms with Gasteiger partial charge in [0.15, 0.2) is 0 Å². The molecule has 1 spiro atoms. The third-order valence-corrected chi connectivity index (χ3v) is 8.46. The van der Waals surface area contributed by atoms with Crippen LogP contribution in [0.1, 0.15) is 76.6 Å². The smallest absolute Gasteiger partial charge is 0.225 e. The first kappa shape index (κ1) is 25.3. The highest BCUT2D eigenvalue weighted by molar-refractivity contribution is 6.33. The lowest BCUT2D eigenvalue weighted by atomic mass is 9.63. The summed E-state index contributed by atoms with van der Waals surface area (Å²) in [4.78, 5) is 18.5. The Kier molecular flexibility index (Phi) is 6.91. The van der Waals surface area contributed by atoms with Crippen molar-refractivity contribution >= 4 is 29.1 Å². The second kappa shape index (κ2) is 9.84. The molecule has 0 aliphatic heterocycles. The number of carbonyl (C=O) groups is 1. The predicted molar refractivity (Wildman–Crippen MR) is 149 cm³/mol. The Balaban J connectivity index is 1.70. The summed E-state index contributed by atoms with van der Waals surface area (Å²) in [7, 11) is 0. The molecule has 1 saturated carbocycles. The molecule has 1 unspecified atom stereocenters. The van der Waals surface area contributed by atoms with Gasteiger partial charge in [-0.25, -0.2) is 0 Å². The fourth-order valence-corrected chi connectivity index (χ4v) is 6.23. The minimum Gasteiger partial charge on any atom is -0.349 e. The molecule has 2 aliphatic carbocycles. The molecule has 1 fully saturated rings. The number of nitrogens with zero attached hydrogens (tertiary/aromatic N) is 1. The Morgan fingerprint density at radius 3 is 2.33 bits per heavy atom. The fourth-order valence-electron chi connectivity index (χ4n) is 5.87. The van der Waals surface area contributed by atoms with Crippen molar-refractivity contribution in [1.29, 1.82) is 0 Å². The summed E-state index contributed by atoms with van der Waals surface area (Å²) >= 11 is 12.9. The van der Waals surface area contributed by atoms with Crippen LogP contribution in [0.2, 0.25) is 10.0 Å². The predicted octanol–water partition coefficient (Wildman–Crippen LogP) is 8.82. The zero-order valence-electron chi connectivity index (χ0n) is 21.3. The number of halogens is 2. The zero-order valence-corrected chi connectivity index (χ0v) is 22.8. The third kappa shape index (κ3) is 5.06. The van der Waals surface area contributed by atoms with Crippen molar-refractivity contribution in [2.45, 2.75) is 71.8 Å². The van der Waals surface area contributed by atoms with Gasteiger partial charge in [-0.15, -0.1) is 0 Å². The summed E-state index contributed by atoms with van der Waals surface area (Å²) in [5.74, 6) is 0.0783. The largest absolute Gasteiger partial charge is 0.349 e. The van der Waals surface area contributed by atoms with Crippen LogP contribution < -0.4 is 5.32 Å². The first-order valence-electron chi connectivity index (χ1n) is 13.0. The normalized spacial score (nSPS) is 19.1. The number of fused-ring (bicyclic) bond motifs is 1. The molecule has 1 N–H and O–H groups in total. The molecule has 0 radical (unpaired) electrons. The van der Waals surface area contributed by atoms with Crippen molar-refractivity contribution in [2.75, 3.05) is 0 Å². The molecule has 1 atom stereocenters. The zero-order chi connectivity index (χ0) is 25.5. The molecule has 2 aromatic carbocycles. The number of amides is 1. The van der Waals surface area contributed by atoms with Gasteiger partial charge in [-0.3, -0.25) is 9.78 Å². The van der Waals surface area contributed by atoms with Crippen LogP contribution in [0.15, 0.2) is 54.6 Å². The average Bonchev–Trinajstić information content (AvgIpc) is 2.84. The van der Waals surface area contributed by atoms with Crippen LogP contribution in [0.5, 0.6) is 0 Å². The average molecular weight is 522 g/mol. The highest BCUT2D eigenvalue weighted by Gasteiger charge is 2.42. The Hall–Kier alpha value is -2.36. The van der Waals surface area contributed by atoms with Crippen LogP contribution in [-0.2, 0) is 11.2 Å². The van der Waals surface area contributed by atoms with E-state index in [2.05, 4.69) is 11.4 Å². The van der Waals surface area contributed by atoms with Crippen molar-refractivity contribution in [3.8, 4) is 22.4 Å². The summed E-state index contributed by atoms with van der Waals surface area (Å²) < 4.78 is 0. The number of nitrogens with one attached hydrogen (secondary N) is 1. The molecular formula is C31H34Cl2N2O. The Morgan fingerprint density at radius 1 is 0.972 bits per heavy atom. The molecule has 1 aromatic heterocycles. The number of rotatable bonds is 3. The van der Waals surface area contributed by atoms with E-state index in [9.17, 15) is 4.79 Å². The van der Waals surface area contributed by atoms with Crippen molar-refractivity contribution in [2.24, 2.45) is 10.8 Å². The van der Waals surface area contributed by atoms with E-state index in [4.69, 9.17) is 28.2 Å². The van der Waals surface area contributed by atoms with Gasteiger partial charge in [0.25, 0.3) is 0 Å². The number of hydrogen-bond donors (Lipinski definition) is 1. The van der Waals surface area contributed by atoms with Gasteiger partial charge in [0, 0.05) is 32.3 Å². The number of aromatic nitrogens is 1. The molecule has 1 heterocycles. The van der Waals surface area contributed by atoms with Crippen LogP contribution in [-0.4, -0.2) is 10.9 Å². The monoisotopic (exact) mass is 520 g/mol. The standard InChI is InChI=1S/C31H34Cl2N2O/c1-30(2,3)29(36)35-27-19-31(15-7-4-8-16-31)18-26-24(27)17-23(20-11-13-21(32)14-12-20)28(34-26)22-9-5-6-10-25(22)33/h5-6,9-14,17,27H,4,7-8,15-16,18-19H2,1-3H3,(H,35,36). The maximum absolute atomic E-state index is 13.2. The summed E-state index contributed by atoms with van der Waals surface area (Å²) in [6.45, 7) is 5.92. The highest BCUT2D eigenvalue weighted by Crippen LogP contribution is 2.51. The lowest BCUT2D eigenvalue weighted by molar-refractivity contribution is -0.129. The van der Waals surface area contributed by atoms with E-state index in [1.54, 1.807) is 0 Å². The SMILES string of the molecule is CC(C)(C)C(=O)NC1CC2(CCCCC2)Cc2nc(-c3ccccc3Cl)c(-c3ccc(Cl)cc3)cc21. The van der Waals surface area contributed by atoms with Gasteiger partial charge in [-0.05, 0) is 66.5 Å². The van der Waals surface area contributed by atoms with E-state index >= 15 is 0 Å². The van der Waals surface area contributed by atoms with Gasteiger partial charge in [0.2, 0.25) is 5.91 Å². The van der Waals surface area contributed by atoms with Gasteiger partial charge in [0.1, 0.15) is 0 Å². The maximum Gasteiger partial charge on any atom is 0.225 e. The van der Waals surface area contributed by atoms with Gasteiger partial charge >= 0.3 is 0 Å². The lowest BCUT2D eigenvalue weighted by Gasteiger charge is -2.45. The lowest BCUT2D eigenvalue weighted by Crippen LogP contribution is -2.43. The molecule has 5 rings (SSSR count). The summed E-state index contributed by atoms with van der Waals surface area (Å²) in [6, 6.07) is 18.0. The number of hydrogen-bond acceptors (Lipinski definition) is 2. The molecule has 5 heteroatoms. The Bertz CT molecular complexity index is 1270. The van der Waals surface area contributed by atoms with E-state index in [1.165, 1.54) is 32.1 Å². The van der Waals surface area contributed by atoms with E-state index in [0.717, 1.165) is 46.5 Å². The van der Waals surface area contributed by atoms with Crippen molar-refractivity contribution in [1.82, 2.24) is 10.3 Å². The summed E-state index contributed by atoms with van der Waals surface area (Å²) in [5.41, 5.74) is 5.80. The Morgan fingerprint density at radius 2 is 1.67 bits per heavy atom. The molecule has 3 nitrogen and oxygen atoms in total. The van der Waals surface area contributed by atoms with Crippen LogP contribution >= 0.6 is 23.2 Å². The quantitative estimate of drug-likeness (QED) is 0.374. The van der Waals surface area contributed by atoms with E-state index < -0.39 is 5.41 Å².